The Morgan fingerprint density at radius 2 is 1.59 bits per heavy atom. The van der Waals surface area contributed by atoms with Crippen LogP contribution in [0.2, 0.25) is 0 Å². The van der Waals surface area contributed by atoms with E-state index in [0.717, 1.165) is 24.2 Å². The number of hydrogen-bond donors (Lipinski definition) is 0. The highest BCUT2D eigenvalue weighted by Gasteiger charge is 2.19. The third-order valence-electron chi connectivity index (χ3n) is 5.01. The van der Waals surface area contributed by atoms with Crippen molar-refractivity contribution < 1.29 is 9.47 Å². The summed E-state index contributed by atoms with van der Waals surface area (Å²) in [6.45, 7) is 6.39. The van der Waals surface area contributed by atoms with Crippen molar-refractivity contribution in [2.45, 2.75) is 58.8 Å². The SMILES string of the molecule is CCOCCOc1ccc(CC[C@H]2CC[C@H](CC)CC2)cc1. The molecule has 2 nitrogen and oxygen atoms in total. The normalized spacial score (nSPS) is 21.7. The van der Waals surface area contributed by atoms with Gasteiger partial charge in [-0.2, -0.15) is 0 Å². The zero-order chi connectivity index (χ0) is 15.6. The summed E-state index contributed by atoms with van der Waals surface area (Å²) < 4.78 is 10.9. The van der Waals surface area contributed by atoms with Crippen molar-refractivity contribution in [2.75, 3.05) is 19.8 Å². The molecule has 2 heteroatoms. The van der Waals surface area contributed by atoms with E-state index in [1.165, 1.54) is 50.5 Å². The zero-order valence-corrected chi connectivity index (χ0v) is 14.4. The van der Waals surface area contributed by atoms with Crippen LogP contribution >= 0.6 is 0 Å². The Morgan fingerprint density at radius 1 is 0.909 bits per heavy atom. The third kappa shape index (κ3) is 6.00. The van der Waals surface area contributed by atoms with Gasteiger partial charge in [0.25, 0.3) is 0 Å². The van der Waals surface area contributed by atoms with Gasteiger partial charge in [0.05, 0.1) is 6.61 Å². The average molecular weight is 304 g/mol. The highest BCUT2D eigenvalue weighted by molar-refractivity contribution is 5.27. The zero-order valence-electron chi connectivity index (χ0n) is 14.4. The Balaban J connectivity index is 1.66. The molecule has 1 fully saturated rings. The molecular weight excluding hydrogens is 272 g/mol. The van der Waals surface area contributed by atoms with Crippen molar-refractivity contribution in [1.82, 2.24) is 0 Å². The molecule has 0 spiro atoms. The van der Waals surface area contributed by atoms with Crippen molar-refractivity contribution in [3.8, 4) is 5.75 Å². The van der Waals surface area contributed by atoms with Gasteiger partial charge in [-0.3, -0.25) is 0 Å². The lowest BCUT2D eigenvalue weighted by Gasteiger charge is -2.27. The van der Waals surface area contributed by atoms with Crippen LogP contribution in [0.1, 0.15) is 57.9 Å². The van der Waals surface area contributed by atoms with E-state index in [9.17, 15) is 0 Å². The van der Waals surface area contributed by atoms with Crippen molar-refractivity contribution in [1.29, 1.82) is 0 Å². The molecule has 1 aliphatic rings. The lowest BCUT2D eigenvalue weighted by atomic mass is 9.78. The predicted molar refractivity (Wildman–Crippen MR) is 92.5 cm³/mol. The lowest BCUT2D eigenvalue weighted by Crippen LogP contribution is -2.14. The van der Waals surface area contributed by atoms with Crippen LogP contribution in [-0.4, -0.2) is 19.8 Å². The number of ether oxygens (including phenoxy) is 2. The highest BCUT2D eigenvalue weighted by atomic mass is 16.5. The Kier molecular flexibility index (Phi) is 7.79. The molecule has 22 heavy (non-hydrogen) atoms. The van der Waals surface area contributed by atoms with Crippen molar-refractivity contribution >= 4 is 0 Å². The molecule has 0 bridgehead atoms. The van der Waals surface area contributed by atoms with Crippen molar-refractivity contribution in [2.24, 2.45) is 11.8 Å². The Bertz CT molecular complexity index is 391. The van der Waals surface area contributed by atoms with Gasteiger partial charge in [0.1, 0.15) is 12.4 Å². The molecule has 2 rings (SSSR count). The van der Waals surface area contributed by atoms with E-state index < -0.39 is 0 Å². The van der Waals surface area contributed by atoms with Crippen LogP contribution in [0.25, 0.3) is 0 Å². The molecule has 124 valence electrons. The van der Waals surface area contributed by atoms with E-state index in [4.69, 9.17) is 9.47 Å². The Morgan fingerprint density at radius 3 is 2.23 bits per heavy atom. The fraction of sp³-hybridized carbons (Fsp3) is 0.700. The molecule has 1 saturated carbocycles. The number of benzene rings is 1. The molecule has 0 amide bonds. The summed E-state index contributed by atoms with van der Waals surface area (Å²) >= 11 is 0. The quantitative estimate of drug-likeness (QED) is 0.580. The minimum absolute atomic E-state index is 0.633. The van der Waals surface area contributed by atoms with E-state index >= 15 is 0 Å². The summed E-state index contributed by atoms with van der Waals surface area (Å²) in [6.07, 6.45) is 9.72. The molecule has 0 atom stereocenters. The highest BCUT2D eigenvalue weighted by Crippen LogP contribution is 2.33. The first-order valence-electron chi connectivity index (χ1n) is 9.11. The van der Waals surface area contributed by atoms with Gasteiger partial charge >= 0.3 is 0 Å². The fourth-order valence-electron chi connectivity index (χ4n) is 3.41. The van der Waals surface area contributed by atoms with Gasteiger partial charge in [0, 0.05) is 6.61 Å². The molecule has 0 saturated heterocycles. The molecule has 0 radical (unpaired) electrons. The van der Waals surface area contributed by atoms with E-state index in [1.54, 1.807) is 0 Å². The monoisotopic (exact) mass is 304 g/mol. The summed E-state index contributed by atoms with van der Waals surface area (Å²) in [7, 11) is 0. The van der Waals surface area contributed by atoms with Gasteiger partial charge in [0.15, 0.2) is 0 Å². The minimum atomic E-state index is 0.633. The summed E-state index contributed by atoms with van der Waals surface area (Å²) in [6, 6.07) is 8.62. The maximum atomic E-state index is 5.66. The first-order chi connectivity index (χ1) is 10.8. The summed E-state index contributed by atoms with van der Waals surface area (Å²) in [5, 5.41) is 0. The van der Waals surface area contributed by atoms with Crippen LogP contribution < -0.4 is 4.74 Å². The Hall–Kier alpha value is -1.02. The molecule has 0 N–H and O–H groups in total. The van der Waals surface area contributed by atoms with Crippen molar-refractivity contribution in [3.05, 3.63) is 29.8 Å². The van der Waals surface area contributed by atoms with Gasteiger partial charge in [-0.25, -0.2) is 0 Å². The second-order valence-electron chi connectivity index (χ2n) is 6.52. The van der Waals surface area contributed by atoms with Crippen LogP contribution in [-0.2, 0) is 11.2 Å². The molecule has 0 unspecified atom stereocenters. The van der Waals surface area contributed by atoms with Crippen LogP contribution in [0.4, 0.5) is 0 Å². The van der Waals surface area contributed by atoms with Crippen LogP contribution in [0, 0.1) is 11.8 Å². The number of aryl methyl sites for hydroxylation is 1. The first kappa shape index (κ1) is 17.3. The van der Waals surface area contributed by atoms with Gasteiger partial charge in [-0.1, -0.05) is 51.2 Å². The predicted octanol–water partition coefficient (Wildman–Crippen LogP) is 5.25. The lowest BCUT2D eigenvalue weighted by molar-refractivity contribution is 0.110. The molecular formula is C20H32O2. The maximum Gasteiger partial charge on any atom is 0.119 e. The standard InChI is InChI=1S/C20H32O2/c1-3-17-5-7-18(8-6-17)9-10-19-11-13-20(14-12-19)22-16-15-21-4-2/h11-14,17-18H,3-10,15-16H2,1-2H3/t17-,18-. The second-order valence-corrected chi connectivity index (χ2v) is 6.52. The van der Waals surface area contributed by atoms with E-state index in [2.05, 4.69) is 31.2 Å². The van der Waals surface area contributed by atoms with Crippen LogP contribution in [0.5, 0.6) is 5.75 Å². The van der Waals surface area contributed by atoms with Crippen molar-refractivity contribution in [3.63, 3.8) is 0 Å². The van der Waals surface area contributed by atoms with Gasteiger partial charge in [0.2, 0.25) is 0 Å². The Labute approximate surface area is 136 Å². The maximum absolute atomic E-state index is 5.66. The van der Waals surface area contributed by atoms with E-state index in [1.807, 2.05) is 6.92 Å². The molecule has 1 aromatic carbocycles. The fourth-order valence-corrected chi connectivity index (χ4v) is 3.41. The molecule has 1 aliphatic carbocycles. The van der Waals surface area contributed by atoms with Crippen LogP contribution in [0.3, 0.4) is 0 Å². The van der Waals surface area contributed by atoms with Gasteiger partial charge in [-0.05, 0) is 49.3 Å². The summed E-state index contributed by atoms with van der Waals surface area (Å²) in [5.41, 5.74) is 1.44. The van der Waals surface area contributed by atoms with E-state index in [-0.39, 0.29) is 0 Å². The molecule has 0 heterocycles. The molecule has 1 aromatic rings. The summed E-state index contributed by atoms with van der Waals surface area (Å²) in [4.78, 5) is 0. The molecule has 0 aromatic heterocycles. The third-order valence-corrected chi connectivity index (χ3v) is 5.01. The van der Waals surface area contributed by atoms with Gasteiger partial charge < -0.3 is 9.47 Å². The smallest absolute Gasteiger partial charge is 0.119 e. The van der Waals surface area contributed by atoms with Gasteiger partial charge in [-0.15, -0.1) is 0 Å². The summed E-state index contributed by atoms with van der Waals surface area (Å²) in [5.74, 6) is 2.90. The van der Waals surface area contributed by atoms with E-state index in [0.29, 0.717) is 13.2 Å². The minimum Gasteiger partial charge on any atom is -0.491 e. The number of hydrogen-bond acceptors (Lipinski definition) is 2. The molecule has 0 aliphatic heterocycles. The second kappa shape index (κ2) is 9.89. The number of rotatable bonds is 9. The van der Waals surface area contributed by atoms with Crippen LogP contribution in [0.15, 0.2) is 24.3 Å². The first-order valence-corrected chi connectivity index (χ1v) is 9.11. The average Bonchev–Trinajstić information content (AvgIpc) is 2.58. The largest absolute Gasteiger partial charge is 0.491 e. The topological polar surface area (TPSA) is 18.5 Å².